The lowest BCUT2D eigenvalue weighted by molar-refractivity contribution is -0.384. The highest BCUT2D eigenvalue weighted by Crippen LogP contribution is 2.34. The monoisotopic (exact) mass is 329 g/mol. The predicted molar refractivity (Wildman–Crippen MR) is 73.1 cm³/mol. The maximum absolute atomic E-state index is 11.8. The molecule has 2 amide bonds. The second-order valence-corrected chi connectivity index (χ2v) is 4.84. The van der Waals surface area contributed by atoms with E-state index in [2.05, 4.69) is 21.2 Å². The summed E-state index contributed by atoms with van der Waals surface area (Å²) in [6.07, 6.45) is 0. The molecule has 0 spiro atoms. The van der Waals surface area contributed by atoms with Gasteiger partial charge in [0.25, 0.3) is 11.6 Å². The first-order valence-corrected chi connectivity index (χ1v) is 6.00. The van der Waals surface area contributed by atoms with Gasteiger partial charge in [0, 0.05) is 37.1 Å². The first-order valence-electron chi connectivity index (χ1n) is 5.21. The molecule has 1 aromatic rings. The van der Waals surface area contributed by atoms with Crippen LogP contribution in [0.1, 0.15) is 17.3 Å². The topological polar surface area (TPSA) is 92.6 Å². The number of nitrogens with zero attached hydrogens (tertiary/aromatic N) is 2. The molecule has 102 valence electrons. The van der Waals surface area contributed by atoms with Gasteiger partial charge in [-0.3, -0.25) is 19.7 Å². The van der Waals surface area contributed by atoms with E-state index in [1.807, 2.05) is 0 Å². The van der Waals surface area contributed by atoms with Gasteiger partial charge < -0.3 is 10.2 Å². The highest BCUT2D eigenvalue weighted by molar-refractivity contribution is 9.10. The molecule has 19 heavy (non-hydrogen) atoms. The number of benzene rings is 1. The molecule has 0 heterocycles. The summed E-state index contributed by atoms with van der Waals surface area (Å²) in [5, 5.41) is 13.4. The third-order valence-corrected chi connectivity index (χ3v) is 2.85. The fraction of sp³-hybridized carbons (Fsp3) is 0.273. The van der Waals surface area contributed by atoms with Crippen molar-refractivity contribution < 1.29 is 14.5 Å². The van der Waals surface area contributed by atoms with Gasteiger partial charge in [0.15, 0.2) is 0 Å². The van der Waals surface area contributed by atoms with Gasteiger partial charge in [0.2, 0.25) is 5.91 Å². The van der Waals surface area contributed by atoms with Crippen LogP contribution in [-0.2, 0) is 4.79 Å². The van der Waals surface area contributed by atoms with Crippen molar-refractivity contribution in [3.05, 3.63) is 32.3 Å². The van der Waals surface area contributed by atoms with Crippen molar-refractivity contribution in [2.24, 2.45) is 0 Å². The lowest BCUT2D eigenvalue weighted by Gasteiger charge is -2.12. The molecule has 1 rings (SSSR count). The Kier molecular flexibility index (Phi) is 4.60. The number of nitro benzene ring substituents is 1. The van der Waals surface area contributed by atoms with Gasteiger partial charge in [-0.25, -0.2) is 0 Å². The van der Waals surface area contributed by atoms with Crippen molar-refractivity contribution in [3.63, 3.8) is 0 Å². The number of carbonyl (C=O) groups excluding carboxylic acids is 2. The largest absolute Gasteiger partial charge is 0.345 e. The molecule has 0 aliphatic heterocycles. The molecule has 0 aromatic heterocycles. The van der Waals surface area contributed by atoms with Crippen LogP contribution in [0.5, 0.6) is 0 Å². The first kappa shape index (κ1) is 15.1. The Bertz CT molecular complexity index is 557. The van der Waals surface area contributed by atoms with E-state index < -0.39 is 10.8 Å². The second kappa shape index (κ2) is 5.79. The minimum atomic E-state index is -0.650. The average Bonchev–Trinajstić information content (AvgIpc) is 2.29. The van der Waals surface area contributed by atoms with Gasteiger partial charge in [-0.05, 0) is 22.0 Å². The number of amides is 2. The molecule has 0 unspecified atom stereocenters. The summed E-state index contributed by atoms with van der Waals surface area (Å²) in [6, 6.07) is 2.57. The zero-order chi connectivity index (χ0) is 14.7. The molecule has 0 saturated carbocycles. The molecule has 0 saturated heterocycles. The summed E-state index contributed by atoms with van der Waals surface area (Å²) in [5.41, 5.74) is -0.139. The van der Waals surface area contributed by atoms with Crippen LogP contribution >= 0.6 is 15.9 Å². The van der Waals surface area contributed by atoms with Gasteiger partial charge >= 0.3 is 0 Å². The molecule has 1 aromatic carbocycles. The Morgan fingerprint density at radius 1 is 1.37 bits per heavy atom. The molecule has 1 N–H and O–H groups in total. The zero-order valence-electron chi connectivity index (χ0n) is 10.6. The van der Waals surface area contributed by atoms with Gasteiger partial charge in [-0.15, -0.1) is 0 Å². The Morgan fingerprint density at radius 2 is 1.95 bits per heavy atom. The first-order chi connectivity index (χ1) is 8.73. The van der Waals surface area contributed by atoms with Crippen molar-refractivity contribution in [1.82, 2.24) is 4.90 Å². The van der Waals surface area contributed by atoms with Gasteiger partial charge in [-0.2, -0.15) is 0 Å². The predicted octanol–water partition coefficient (Wildman–Crippen LogP) is 2.02. The van der Waals surface area contributed by atoms with Crippen molar-refractivity contribution >= 4 is 39.1 Å². The van der Waals surface area contributed by atoms with Crippen LogP contribution in [0.25, 0.3) is 0 Å². The van der Waals surface area contributed by atoms with E-state index in [-0.39, 0.29) is 27.3 Å². The Labute approximate surface area is 117 Å². The van der Waals surface area contributed by atoms with Crippen molar-refractivity contribution in [1.29, 1.82) is 0 Å². The fourth-order valence-electron chi connectivity index (χ4n) is 1.42. The van der Waals surface area contributed by atoms with Gasteiger partial charge in [0.1, 0.15) is 5.69 Å². The molecule has 0 aliphatic rings. The standard InChI is InChI=1S/C11H12BrN3O4/c1-6(16)13-10-8(12)4-7(11(17)14(2)3)5-9(10)15(18)19/h4-5H,1-3H3,(H,13,16). The number of hydrogen-bond acceptors (Lipinski definition) is 4. The summed E-state index contributed by atoms with van der Waals surface area (Å²) >= 11 is 3.12. The van der Waals surface area contributed by atoms with E-state index >= 15 is 0 Å². The summed E-state index contributed by atoms with van der Waals surface area (Å²) in [6.45, 7) is 1.25. The van der Waals surface area contributed by atoms with Crippen LogP contribution < -0.4 is 5.32 Å². The SMILES string of the molecule is CC(=O)Nc1c(Br)cc(C(=O)N(C)C)cc1[N+](=O)[O-]. The Hall–Kier alpha value is -1.96. The van der Waals surface area contributed by atoms with Crippen LogP contribution in [-0.4, -0.2) is 35.7 Å². The minimum absolute atomic E-state index is 0.0350. The van der Waals surface area contributed by atoms with E-state index in [9.17, 15) is 19.7 Å². The fourth-order valence-corrected chi connectivity index (χ4v) is 1.97. The minimum Gasteiger partial charge on any atom is -0.345 e. The molecular formula is C11H12BrN3O4. The van der Waals surface area contributed by atoms with Crippen LogP contribution in [0.2, 0.25) is 0 Å². The van der Waals surface area contributed by atoms with Crippen molar-refractivity contribution in [3.8, 4) is 0 Å². The van der Waals surface area contributed by atoms with E-state index in [1.165, 1.54) is 17.9 Å². The van der Waals surface area contributed by atoms with Crippen LogP contribution in [0, 0.1) is 10.1 Å². The highest BCUT2D eigenvalue weighted by atomic mass is 79.9. The Morgan fingerprint density at radius 3 is 2.37 bits per heavy atom. The molecule has 0 atom stereocenters. The van der Waals surface area contributed by atoms with E-state index in [1.54, 1.807) is 14.1 Å². The van der Waals surface area contributed by atoms with Crippen molar-refractivity contribution in [2.45, 2.75) is 6.92 Å². The molecule has 0 aliphatic carbocycles. The normalized spacial score (nSPS) is 9.89. The summed E-state index contributed by atoms with van der Waals surface area (Å²) < 4.78 is 0.280. The zero-order valence-corrected chi connectivity index (χ0v) is 12.1. The van der Waals surface area contributed by atoms with Gasteiger partial charge in [0.05, 0.1) is 4.92 Å². The Balaban J connectivity index is 3.41. The molecular weight excluding hydrogens is 318 g/mol. The summed E-state index contributed by atoms with van der Waals surface area (Å²) in [5.74, 6) is -0.798. The van der Waals surface area contributed by atoms with Crippen molar-refractivity contribution in [2.75, 3.05) is 19.4 Å². The number of anilines is 1. The number of hydrogen-bond donors (Lipinski definition) is 1. The third-order valence-electron chi connectivity index (χ3n) is 2.22. The summed E-state index contributed by atoms with van der Waals surface area (Å²) in [7, 11) is 3.09. The third kappa shape index (κ3) is 3.50. The van der Waals surface area contributed by atoms with E-state index in [4.69, 9.17) is 0 Å². The molecule has 8 heteroatoms. The quantitative estimate of drug-likeness (QED) is 0.678. The van der Waals surface area contributed by atoms with Crippen LogP contribution in [0.15, 0.2) is 16.6 Å². The van der Waals surface area contributed by atoms with E-state index in [0.717, 1.165) is 6.07 Å². The molecule has 0 bridgehead atoms. The molecule has 0 radical (unpaired) electrons. The highest BCUT2D eigenvalue weighted by Gasteiger charge is 2.22. The number of nitrogens with one attached hydrogen (secondary N) is 1. The maximum Gasteiger partial charge on any atom is 0.294 e. The lowest BCUT2D eigenvalue weighted by Crippen LogP contribution is -2.22. The molecule has 7 nitrogen and oxygen atoms in total. The smallest absolute Gasteiger partial charge is 0.294 e. The average molecular weight is 330 g/mol. The number of nitro groups is 1. The van der Waals surface area contributed by atoms with Gasteiger partial charge in [-0.1, -0.05) is 0 Å². The maximum atomic E-state index is 11.8. The van der Waals surface area contributed by atoms with Crippen LogP contribution in [0.3, 0.4) is 0 Å². The number of carbonyl (C=O) groups is 2. The lowest BCUT2D eigenvalue weighted by atomic mass is 10.1. The summed E-state index contributed by atoms with van der Waals surface area (Å²) in [4.78, 5) is 34.5. The van der Waals surface area contributed by atoms with E-state index in [0.29, 0.717) is 0 Å². The molecule has 0 fully saturated rings. The second-order valence-electron chi connectivity index (χ2n) is 3.99. The number of rotatable bonds is 3. The number of halogens is 1. The van der Waals surface area contributed by atoms with Crippen LogP contribution in [0.4, 0.5) is 11.4 Å².